The van der Waals surface area contributed by atoms with E-state index < -0.39 is 58.0 Å². The molecule has 3 aliphatic carbocycles. The van der Waals surface area contributed by atoms with Gasteiger partial charge in [-0.3, -0.25) is 19.3 Å². The summed E-state index contributed by atoms with van der Waals surface area (Å²) in [6.45, 7) is 0.982. The first-order valence-corrected chi connectivity index (χ1v) is 12.3. The number of benzene rings is 1. The average Bonchev–Trinajstić information content (AvgIpc) is 3.36. The SMILES string of the molecule is CN(C)C1C(=O)C(C(N)=O)=C(O)C2(O)C(=O)C3=C(O)c4c(O)ccc(CNCc5ccc[nH]5)c4CC3CC12. The number of aliphatic hydroxyl groups is 3. The number of hydrogen-bond donors (Lipinski definition) is 7. The van der Waals surface area contributed by atoms with Gasteiger partial charge in [0.15, 0.2) is 11.4 Å². The molecular weight excluding hydrogens is 492 g/mol. The molecule has 3 aliphatic rings. The van der Waals surface area contributed by atoms with Gasteiger partial charge in [-0.1, -0.05) is 6.07 Å². The zero-order chi connectivity index (χ0) is 27.5. The Balaban J connectivity index is 1.60. The summed E-state index contributed by atoms with van der Waals surface area (Å²) in [5, 5.41) is 47.8. The zero-order valence-electron chi connectivity index (χ0n) is 21.0. The Kier molecular flexibility index (Phi) is 6.17. The standard InChI is InChI=1S/C27H30N4O7/c1-31(2)21-16-9-13-8-15-12(10-29-11-14-4-3-7-30-14)5-6-17(32)19(15)22(33)18(13)24(35)27(16,38)25(36)20(23(21)34)26(28)37/h3-7,13,16,21,29-30,32-33,36,38H,8-11H2,1-2H3,(H2,28,37). The molecule has 4 unspecified atom stereocenters. The van der Waals surface area contributed by atoms with Gasteiger partial charge in [-0.25, -0.2) is 0 Å². The number of Topliss-reactive ketones (excluding diaryl/α,β-unsaturated/α-hetero) is 2. The molecule has 1 aromatic heterocycles. The maximum absolute atomic E-state index is 13.8. The first-order chi connectivity index (χ1) is 18.0. The number of nitrogens with zero attached hydrogens (tertiary/aromatic N) is 1. The van der Waals surface area contributed by atoms with Crippen molar-refractivity contribution in [2.24, 2.45) is 17.6 Å². The summed E-state index contributed by atoms with van der Waals surface area (Å²) in [7, 11) is 3.14. The Bertz CT molecular complexity index is 1410. The molecule has 1 saturated carbocycles. The Morgan fingerprint density at radius 3 is 2.55 bits per heavy atom. The zero-order valence-corrected chi connectivity index (χ0v) is 21.0. The summed E-state index contributed by atoms with van der Waals surface area (Å²) in [6, 6.07) is 5.89. The molecule has 2 aromatic rings. The van der Waals surface area contributed by atoms with Crippen molar-refractivity contribution in [3.8, 4) is 5.75 Å². The largest absolute Gasteiger partial charge is 0.508 e. The van der Waals surface area contributed by atoms with Gasteiger partial charge in [0.25, 0.3) is 5.91 Å². The van der Waals surface area contributed by atoms with Crippen LogP contribution < -0.4 is 11.1 Å². The molecular formula is C27H30N4O7. The molecule has 11 heteroatoms. The number of hydrogen-bond acceptors (Lipinski definition) is 9. The van der Waals surface area contributed by atoms with E-state index in [0.717, 1.165) is 11.3 Å². The van der Waals surface area contributed by atoms with Gasteiger partial charge >= 0.3 is 0 Å². The molecule has 0 aliphatic heterocycles. The molecule has 1 aromatic carbocycles. The van der Waals surface area contributed by atoms with E-state index in [1.165, 1.54) is 11.0 Å². The molecule has 200 valence electrons. The fraction of sp³-hybridized carbons (Fsp3) is 0.370. The molecule has 11 nitrogen and oxygen atoms in total. The second-order valence-electron chi connectivity index (χ2n) is 10.4. The van der Waals surface area contributed by atoms with Crippen LogP contribution in [0.15, 0.2) is 47.4 Å². The molecule has 8 N–H and O–H groups in total. The predicted molar refractivity (Wildman–Crippen MR) is 136 cm³/mol. The lowest BCUT2D eigenvalue weighted by atomic mass is 9.57. The third-order valence-corrected chi connectivity index (χ3v) is 7.99. The van der Waals surface area contributed by atoms with Gasteiger partial charge in [-0.2, -0.15) is 0 Å². The smallest absolute Gasteiger partial charge is 0.255 e. The number of fused-ring (bicyclic) bond motifs is 3. The van der Waals surface area contributed by atoms with Gasteiger partial charge in [0.05, 0.1) is 11.6 Å². The number of carbonyl (C=O) groups excluding carboxylic acids is 3. The maximum Gasteiger partial charge on any atom is 0.255 e. The van der Waals surface area contributed by atoms with Crippen LogP contribution in [0.2, 0.25) is 0 Å². The molecule has 0 radical (unpaired) electrons. The minimum absolute atomic E-state index is 0.0523. The maximum atomic E-state index is 13.8. The van der Waals surface area contributed by atoms with Crippen molar-refractivity contribution in [2.45, 2.75) is 37.6 Å². The number of nitrogens with one attached hydrogen (secondary N) is 2. The summed E-state index contributed by atoms with van der Waals surface area (Å²) < 4.78 is 0. The van der Waals surface area contributed by atoms with E-state index >= 15 is 0 Å². The summed E-state index contributed by atoms with van der Waals surface area (Å²) in [6.07, 6.45) is 2.13. The Hall–Kier alpha value is -3.93. The highest BCUT2D eigenvalue weighted by atomic mass is 16.3. The monoisotopic (exact) mass is 522 g/mol. The van der Waals surface area contributed by atoms with Crippen molar-refractivity contribution in [3.05, 3.63) is 69.8 Å². The normalized spacial score (nSPS) is 26.9. The first-order valence-electron chi connectivity index (χ1n) is 12.3. The number of aliphatic hydroxyl groups excluding tert-OH is 2. The van der Waals surface area contributed by atoms with Crippen LogP contribution in [0.4, 0.5) is 0 Å². The van der Waals surface area contributed by atoms with Gasteiger partial charge in [0.1, 0.15) is 22.8 Å². The number of likely N-dealkylation sites (N-methyl/N-ethyl adjacent to an activating group) is 1. The number of H-pyrrole nitrogens is 1. The summed E-state index contributed by atoms with van der Waals surface area (Å²) in [4.78, 5) is 43.7. The van der Waals surface area contributed by atoms with Gasteiger partial charge in [-0.05, 0) is 62.2 Å². The van der Waals surface area contributed by atoms with E-state index in [2.05, 4.69) is 10.3 Å². The van der Waals surface area contributed by atoms with E-state index in [4.69, 9.17) is 5.73 Å². The van der Waals surface area contributed by atoms with Crippen molar-refractivity contribution in [1.82, 2.24) is 15.2 Å². The number of phenols is 1. The van der Waals surface area contributed by atoms with E-state index in [9.17, 15) is 34.8 Å². The summed E-state index contributed by atoms with van der Waals surface area (Å²) >= 11 is 0. The molecule has 1 heterocycles. The van der Waals surface area contributed by atoms with Gasteiger partial charge in [-0.15, -0.1) is 0 Å². The summed E-state index contributed by atoms with van der Waals surface area (Å²) in [5.41, 5.74) is 4.24. The molecule has 38 heavy (non-hydrogen) atoms. The number of carbonyl (C=O) groups is 3. The molecule has 1 fully saturated rings. The van der Waals surface area contributed by atoms with Crippen LogP contribution in [-0.2, 0) is 33.9 Å². The first kappa shape index (κ1) is 25.7. The van der Waals surface area contributed by atoms with Crippen LogP contribution in [0.3, 0.4) is 0 Å². The number of amides is 1. The fourth-order valence-corrected chi connectivity index (χ4v) is 6.28. The highest BCUT2D eigenvalue weighted by Crippen LogP contribution is 2.52. The van der Waals surface area contributed by atoms with Crippen molar-refractivity contribution in [2.75, 3.05) is 14.1 Å². The topological polar surface area (TPSA) is 189 Å². The number of aromatic nitrogens is 1. The van der Waals surface area contributed by atoms with Gasteiger partial charge in [0, 0.05) is 36.5 Å². The Morgan fingerprint density at radius 2 is 1.92 bits per heavy atom. The second kappa shape index (κ2) is 9.12. The van der Waals surface area contributed by atoms with Crippen molar-refractivity contribution < 1.29 is 34.8 Å². The highest BCUT2D eigenvalue weighted by molar-refractivity contribution is 6.24. The highest BCUT2D eigenvalue weighted by Gasteiger charge is 2.64. The van der Waals surface area contributed by atoms with Crippen molar-refractivity contribution in [3.63, 3.8) is 0 Å². The fourth-order valence-electron chi connectivity index (χ4n) is 6.28. The third kappa shape index (κ3) is 3.65. The molecule has 0 bridgehead atoms. The molecule has 4 atom stereocenters. The second-order valence-corrected chi connectivity index (χ2v) is 10.4. The van der Waals surface area contributed by atoms with Crippen LogP contribution in [0, 0.1) is 11.8 Å². The van der Waals surface area contributed by atoms with E-state index in [0.29, 0.717) is 18.7 Å². The van der Waals surface area contributed by atoms with Crippen molar-refractivity contribution in [1.29, 1.82) is 0 Å². The van der Waals surface area contributed by atoms with E-state index in [1.807, 2.05) is 18.3 Å². The quantitative estimate of drug-likeness (QED) is 0.266. The van der Waals surface area contributed by atoms with Crippen molar-refractivity contribution >= 4 is 23.2 Å². The number of aromatic hydroxyl groups is 1. The van der Waals surface area contributed by atoms with Crippen LogP contribution in [0.25, 0.3) is 5.76 Å². The van der Waals surface area contributed by atoms with Crippen LogP contribution in [0.5, 0.6) is 5.75 Å². The minimum Gasteiger partial charge on any atom is -0.508 e. The lowest BCUT2D eigenvalue weighted by molar-refractivity contribution is -0.153. The lowest BCUT2D eigenvalue weighted by Gasteiger charge is -2.50. The van der Waals surface area contributed by atoms with Crippen LogP contribution >= 0.6 is 0 Å². The van der Waals surface area contributed by atoms with Gasteiger partial charge < -0.3 is 36.5 Å². The predicted octanol–water partition coefficient (Wildman–Crippen LogP) is 0.582. The Morgan fingerprint density at radius 1 is 1.18 bits per heavy atom. The van der Waals surface area contributed by atoms with Crippen LogP contribution in [0.1, 0.15) is 28.8 Å². The molecule has 0 saturated heterocycles. The number of primary amides is 1. The number of aromatic amines is 1. The third-order valence-electron chi connectivity index (χ3n) is 7.99. The lowest BCUT2D eigenvalue weighted by Crippen LogP contribution is -2.65. The number of ketones is 2. The average molecular weight is 523 g/mol. The molecule has 0 spiro atoms. The number of rotatable bonds is 6. The number of phenolic OH excluding ortho intramolecular Hbond substituents is 1. The van der Waals surface area contributed by atoms with E-state index in [-0.39, 0.29) is 29.7 Å². The Labute approximate surface area is 218 Å². The molecule has 5 rings (SSSR count). The summed E-state index contributed by atoms with van der Waals surface area (Å²) in [5.74, 6) is -6.60. The van der Waals surface area contributed by atoms with E-state index in [1.54, 1.807) is 20.2 Å². The number of nitrogens with two attached hydrogens (primary N) is 1. The van der Waals surface area contributed by atoms with Crippen LogP contribution in [-0.4, -0.2) is 73.5 Å². The molecule has 1 amide bonds. The minimum atomic E-state index is -2.64. The van der Waals surface area contributed by atoms with Gasteiger partial charge in [0.2, 0.25) is 5.78 Å².